The van der Waals surface area contributed by atoms with Gasteiger partial charge in [-0.25, -0.2) is 4.52 Å². The lowest BCUT2D eigenvalue weighted by Gasteiger charge is -2.04. The van der Waals surface area contributed by atoms with E-state index in [9.17, 15) is 4.79 Å². The van der Waals surface area contributed by atoms with Gasteiger partial charge < -0.3 is 4.74 Å². The van der Waals surface area contributed by atoms with Crippen LogP contribution in [0.3, 0.4) is 0 Å². The number of methoxy groups -OCH3 is 1. The summed E-state index contributed by atoms with van der Waals surface area (Å²) in [7, 11) is 1.63. The molecule has 0 N–H and O–H groups in total. The molecule has 2 aromatic heterocycles. The Morgan fingerprint density at radius 1 is 1.20 bits per heavy atom. The molecule has 3 rings (SSSR count). The lowest BCUT2D eigenvalue weighted by atomic mass is 10.0. The standard InChI is InChI=1S/C19H22N4O2/c1-13(2)9-10-17(24)15-11-23-19(21-20-15)18(16(22-23)12-25-3)14-7-5-4-6-8-14/h4-8,11,13H,9-10,12H2,1-3H3. The first kappa shape index (κ1) is 17.2. The van der Waals surface area contributed by atoms with Gasteiger partial charge in [0.1, 0.15) is 5.69 Å². The van der Waals surface area contributed by atoms with Crippen molar-refractivity contribution in [3.8, 4) is 11.1 Å². The van der Waals surface area contributed by atoms with Crippen molar-refractivity contribution in [3.05, 3.63) is 47.9 Å². The molecule has 0 amide bonds. The lowest BCUT2D eigenvalue weighted by molar-refractivity contribution is 0.0969. The second kappa shape index (κ2) is 7.53. The summed E-state index contributed by atoms with van der Waals surface area (Å²) in [5, 5.41) is 13.0. The van der Waals surface area contributed by atoms with Crippen molar-refractivity contribution in [1.29, 1.82) is 0 Å². The monoisotopic (exact) mass is 338 g/mol. The molecule has 0 unspecified atom stereocenters. The maximum atomic E-state index is 12.3. The fraction of sp³-hybridized carbons (Fsp3) is 0.368. The van der Waals surface area contributed by atoms with Crippen LogP contribution in [0.5, 0.6) is 0 Å². The third-order valence-corrected chi connectivity index (χ3v) is 4.03. The summed E-state index contributed by atoms with van der Waals surface area (Å²) in [6.07, 6.45) is 2.97. The molecule has 25 heavy (non-hydrogen) atoms. The van der Waals surface area contributed by atoms with Gasteiger partial charge in [-0.1, -0.05) is 44.2 Å². The van der Waals surface area contributed by atoms with Crippen LogP contribution in [0.25, 0.3) is 16.8 Å². The average molecular weight is 338 g/mol. The van der Waals surface area contributed by atoms with Crippen molar-refractivity contribution in [2.75, 3.05) is 7.11 Å². The smallest absolute Gasteiger partial charge is 0.185 e. The Hall–Kier alpha value is -2.60. The maximum Gasteiger partial charge on any atom is 0.185 e. The number of nitrogens with zero attached hydrogens (tertiary/aromatic N) is 4. The summed E-state index contributed by atoms with van der Waals surface area (Å²) in [5.41, 5.74) is 3.63. The number of carbonyl (C=O) groups is 1. The number of rotatable bonds is 7. The van der Waals surface area contributed by atoms with E-state index in [1.807, 2.05) is 30.3 Å². The first-order valence-corrected chi connectivity index (χ1v) is 8.42. The molecule has 0 spiro atoms. The van der Waals surface area contributed by atoms with Gasteiger partial charge >= 0.3 is 0 Å². The molecule has 6 heteroatoms. The van der Waals surface area contributed by atoms with Gasteiger partial charge in [0.25, 0.3) is 0 Å². The van der Waals surface area contributed by atoms with Crippen LogP contribution in [0.4, 0.5) is 0 Å². The molecule has 0 aliphatic rings. The zero-order valence-corrected chi connectivity index (χ0v) is 14.8. The summed E-state index contributed by atoms with van der Waals surface area (Å²) in [6.45, 7) is 4.56. The Bertz CT molecular complexity index is 872. The summed E-state index contributed by atoms with van der Waals surface area (Å²) >= 11 is 0. The van der Waals surface area contributed by atoms with Crippen LogP contribution in [0, 0.1) is 5.92 Å². The Balaban J connectivity index is 2.02. The number of carbonyl (C=O) groups excluding carboxylic acids is 1. The predicted octanol–water partition coefficient (Wildman–Crippen LogP) is 3.56. The number of fused-ring (bicyclic) bond motifs is 1. The first-order chi connectivity index (χ1) is 12.1. The molecule has 0 fully saturated rings. The van der Waals surface area contributed by atoms with Crippen molar-refractivity contribution in [2.45, 2.75) is 33.3 Å². The topological polar surface area (TPSA) is 69.4 Å². The second-order valence-electron chi connectivity index (χ2n) is 6.46. The van der Waals surface area contributed by atoms with E-state index in [1.165, 1.54) is 0 Å². The van der Waals surface area contributed by atoms with E-state index in [-0.39, 0.29) is 5.78 Å². The number of ketones is 1. The number of hydrogen-bond acceptors (Lipinski definition) is 5. The van der Waals surface area contributed by atoms with Crippen LogP contribution >= 0.6 is 0 Å². The van der Waals surface area contributed by atoms with Crippen LogP contribution in [-0.2, 0) is 11.3 Å². The fourth-order valence-electron chi connectivity index (χ4n) is 2.71. The van der Waals surface area contributed by atoms with Crippen LogP contribution in [0.2, 0.25) is 0 Å². The lowest BCUT2D eigenvalue weighted by Crippen LogP contribution is -2.08. The highest BCUT2D eigenvalue weighted by Gasteiger charge is 2.18. The van der Waals surface area contributed by atoms with Gasteiger partial charge in [0.2, 0.25) is 0 Å². The molecule has 0 bridgehead atoms. The molecular formula is C19H22N4O2. The van der Waals surface area contributed by atoms with Gasteiger partial charge in [0, 0.05) is 13.5 Å². The molecular weight excluding hydrogens is 316 g/mol. The molecule has 0 radical (unpaired) electrons. The number of aromatic nitrogens is 4. The minimum Gasteiger partial charge on any atom is -0.378 e. The molecule has 130 valence electrons. The van der Waals surface area contributed by atoms with Gasteiger partial charge in [-0.3, -0.25) is 4.79 Å². The highest BCUT2D eigenvalue weighted by molar-refractivity contribution is 5.94. The van der Waals surface area contributed by atoms with Gasteiger partial charge in [-0.05, 0) is 17.9 Å². The minimum atomic E-state index is -0.00634. The van der Waals surface area contributed by atoms with Crippen molar-refractivity contribution in [2.24, 2.45) is 5.92 Å². The van der Waals surface area contributed by atoms with Crippen molar-refractivity contribution in [3.63, 3.8) is 0 Å². The van der Waals surface area contributed by atoms with E-state index in [4.69, 9.17) is 4.74 Å². The number of hydrogen-bond donors (Lipinski definition) is 0. The first-order valence-electron chi connectivity index (χ1n) is 8.42. The quantitative estimate of drug-likeness (QED) is 0.616. The number of ether oxygens (including phenoxy) is 1. The second-order valence-corrected chi connectivity index (χ2v) is 6.46. The molecule has 2 heterocycles. The molecule has 3 aromatic rings. The van der Waals surface area contributed by atoms with E-state index >= 15 is 0 Å². The van der Waals surface area contributed by atoms with Gasteiger partial charge in [-0.2, -0.15) is 5.10 Å². The molecule has 0 atom stereocenters. The van der Waals surface area contributed by atoms with Gasteiger partial charge in [0.15, 0.2) is 11.4 Å². The van der Waals surface area contributed by atoms with Crippen LogP contribution in [0.15, 0.2) is 36.5 Å². The van der Waals surface area contributed by atoms with Crippen LogP contribution < -0.4 is 0 Å². The number of benzene rings is 1. The summed E-state index contributed by atoms with van der Waals surface area (Å²) in [5.74, 6) is 0.469. The molecule has 6 nitrogen and oxygen atoms in total. The zero-order valence-electron chi connectivity index (χ0n) is 14.8. The zero-order chi connectivity index (χ0) is 17.8. The predicted molar refractivity (Wildman–Crippen MR) is 95.3 cm³/mol. The van der Waals surface area contributed by atoms with E-state index in [0.717, 1.165) is 23.2 Å². The third-order valence-electron chi connectivity index (χ3n) is 4.03. The SMILES string of the molecule is COCc1nn2cc(C(=O)CCC(C)C)nnc2c1-c1ccccc1. The van der Waals surface area contributed by atoms with Gasteiger partial charge in [0.05, 0.1) is 24.1 Å². The summed E-state index contributed by atoms with van der Waals surface area (Å²) in [4.78, 5) is 12.3. The van der Waals surface area contributed by atoms with Crippen molar-refractivity contribution in [1.82, 2.24) is 19.8 Å². The largest absolute Gasteiger partial charge is 0.378 e. The highest BCUT2D eigenvalue weighted by Crippen LogP contribution is 2.27. The Labute approximate surface area is 146 Å². The van der Waals surface area contributed by atoms with E-state index in [2.05, 4.69) is 29.1 Å². The highest BCUT2D eigenvalue weighted by atomic mass is 16.5. The normalized spacial score (nSPS) is 11.4. The summed E-state index contributed by atoms with van der Waals surface area (Å²) in [6, 6.07) is 9.89. The van der Waals surface area contributed by atoms with Crippen LogP contribution in [-0.4, -0.2) is 32.7 Å². The van der Waals surface area contributed by atoms with E-state index in [0.29, 0.717) is 30.3 Å². The Morgan fingerprint density at radius 3 is 2.64 bits per heavy atom. The van der Waals surface area contributed by atoms with Crippen LogP contribution in [0.1, 0.15) is 42.9 Å². The van der Waals surface area contributed by atoms with Gasteiger partial charge in [-0.15, -0.1) is 10.2 Å². The Kier molecular flexibility index (Phi) is 5.19. The molecule has 0 saturated carbocycles. The minimum absolute atomic E-state index is 0.00634. The summed E-state index contributed by atoms with van der Waals surface area (Å²) < 4.78 is 6.90. The molecule has 0 aliphatic heterocycles. The van der Waals surface area contributed by atoms with E-state index < -0.39 is 0 Å². The number of Topliss-reactive ketones (excluding diaryl/α,β-unsaturated/α-hetero) is 1. The van der Waals surface area contributed by atoms with Crippen molar-refractivity contribution < 1.29 is 9.53 Å². The molecule has 0 aliphatic carbocycles. The fourth-order valence-corrected chi connectivity index (χ4v) is 2.71. The Morgan fingerprint density at radius 2 is 1.96 bits per heavy atom. The van der Waals surface area contributed by atoms with Crippen molar-refractivity contribution >= 4 is 11.4 Å². The molecule has 0 saturated heterocycles. The third kappa shape index (κ3) is 3.74. The maximum absolute atomic E-state index is 12.3. The van der Waals surface area contributed by atoms with E-state index in [1.54, 1.807) is 17.8 Å². The molecule has 1 aromatic carbocycles. The average Bonchev–Trinajstić information content (AvgIpc) is 2.97.